The van der Waals surface area contributed by atoms with Crippen molar-refractivity contribution in [1.29, 1.82) is 0 Å². The average Bonchev–Trinajstić information content (AvgIpc) is 3.07. The number of hydrogen-bond acceptors (Lipinski definition) is 4. The standard InChI is InChI=1S/2C9H18O2/c1-9(2,3)11-7-8-4-5-10-6-8;1-9(2,3)11-7-8-5-4-6-10-8/h2*8H,4-7H2,1-3H3. The van der Waals surface area contributed by atoms with Gasteiger partial charge < -0.3 is 18.9 Å². The minimum Gasteiger partial charge on any atom is -0.381 e. The molecule has 4 nitrogen and oxygen atoms in total. The van der Waals surface area contributed by atoms with E-state index in [9.17, 15) is 0 Å². The molecule has 0 aromatic carbocycles. The minimum atomic E-state index is -0.0219. The van der Waals surface area contributed by atoms with Crippen LogP contribution in [0.1, 0.15) is 60.8 Å². The summed E-state index contributed by atoms with van der Waals surface area (Å²) in [5, 5.41) is 0. The van der Waals surface area contributed by atoms with Gasteiger partial charge in [0.1, 0.15) is 0 Å². The molecule has 0 radical (unpaired) electrons. The Labute approximate surface area is 136 Å². The van der Waals surface area contributed by atoms with Crippen molar-refractivity contribution in [3.8, 4) is 0 Å². The molecule has 0 aromatic rings. The fraction of sp³-hybridized carbons (Fsp3) is 1.00. The molecule has 0 saturated carbocycles. The quantitative estimate of drug-likeness (QED) is 0.790. The van der Waals surface area contributed by atoms with Crippen molar-refractivity contribution in [1.82, 2.24) is 0 Å². The summed E-state index contributed by atoms with van der Waals surface area (Å²) >= 11 is 0. The van der Waals surface area contributed by atoms with Gasteiger partial charge in [0.15, 0.2) is 0 Å². The smallest absolute Gasteiger partial charge is 0.0809 e. The summed E-state index contributed by atoms with van der Waals surface area (Å²) < 4.78 is 21.9. The highest BCUT2D eigenvalue weighted by atomic mass is 16.5. The van der Waals surface area contributed by atoms with Crippen molar-refractivity contribution in [2.75, 3.05) is 33.0 Å². The maximum Gasteiger partial charge on any atom is 0.0809 e. The summed E-state index contributed by atoms with van der Waals surface area (Å²) in [6, 6.07) is 0. The Kier molecular flexibility index (Phi) is 8.33. The fourth-order valence-corrected chi connectivity index (χ4v) is 2.20. The Hall–Kier alpha value is -0.160. The van der Waals surface area contributed by atoms with Gasteiger partial charge in [-0.2, -0.15) is 0 Å². The maximum absolute atomic E-state index is 5.63. The van der Waals surface area contributed by atoms with Crippen LogP contribution in [0.2, 0.25) is 0 Å². The topological polar surface area (TPSA) is 36.9 Å². The van der Waals surface area contributed by atoms with Gasteiger partial charge in [-0.25, -0.2) is 0 Å². The van der Waals surface area contributed by atoms with Crippen LogP contribution in [-0.4, -0.2) is 50.3 Å². The summed E-state index contributed by atoms with van der Waals surface area (Å²) in [7, 11) is 0. The summed E-state index contributed by atoms with van der Waals surface area (Å²) in [5.74, 6) is 0.634. The molecule has 2 atom stereocenters. The molecular weight excluding hydrogens is 280 g/mol. The first-order valence-corrected chi connectivity index (χ1v) is 8.63. The number of hydrogen-bond donors (Lipinski definition) is 0. The Balaban J connectivity index is 0.000000220. The molecule has 0 spiro atoms. The third-order valence-corrected chi connectivity index (χ3v) is 3.50. The van der Waals surface area contributed by atoms with Crippen LogP contribution in [0.25, 0.3) is 0 Å². The van der Waals surface area contributed by atoms with Gasteiger partial charge in [-0.05, 0) is 60.8 Å². The first-order valence-electron chi connectivity index (χ1n) is 8.63. The second-order valence-corrected chi connectivity index (χ2v) is 8.21. The normalized spacial score (nSPS) is 25.9. The van der Waals surface area contributed by atoms with E-state index in [4.69, 9.17) is 18.9 Å². The maximum atomic E-state index is 5.63. The first kappa shape index (κ1) is 19.9. The molecule has 2 unspecified atom stereocenters. The van der Waals surface area contributed by atoms with Crippen LogP contribution in [0.15, 0.2) is 0 Å². The van der Waals surface area contributed by atoms with Crippen molar-refractivity contribution >= 4 is 0 Å². The molecule has 0 aromatic heterocycles. The van der Waals surface area contributed by atoms with Crippen molar-refractivity contribution in [3.05, 3.63) is 0 Å². The molecule has 2 heterocycles. The zero-order valence-electron chi connectivity index (χ0n) is 15.4. The Bertz CT molecular complexity index is 248. The molecule has 4 heteroatoms. The van der Waals surface area contributed by atoms with E-state index >= 15 is 0 Å². The van der Waals surface area contributed by atoms with Crippen molar-refractivity contribution in [2.24, 2.45) is 5.92 Å². The van der Waals surface area contributed by atoms with Crippen LogP contribution >= 0.6 is 0 Å². The van der Waals surface area contributed by atoms with Gasteiger partial charge in [0.05, 0.1) is 37.1 Å². The molecule has 0 aliphatic carbocycles. The molecule has 0 N–H and O–H groups in total. The zero-order chi connectivity index (χ0) is 16.6. The fourth-order valence-electron chi connectivity index (χ4n) is 2.20. The third-order valence-electron chi connectivity index (χ3n) is 3.50. The predicted molar refractivity (Wildman–Crippen MR) is 89.3 cm³/mol. The summed E-state index contributed by atoms with van der Waals surface area (Å²) in [4.78, 5) is 0. The second-order valence-electron chi connectivity index (χ2n) is 8.21. The van der Waals surface area contributed by atoms with Gasteiger partial charge in [0.2, 0.25) is 0 Å². The van der Waals surface area contributed by atoms with Crippen LogP contribution < -0.4 is 0 Å². The molecular formula is C18H36O4. The summed E-state index contributed by atoms with van der Waals surface area (Å²) in [6.07, 6.45) is 3.87. The highest BCUT2D eigenvalue weighted by Gasteiger charge is 2.20. The number of rotatable bonds is 4. The van der Waals surface area contributed by atoms with Crippen molar-refractivity contribution < 1.29 is 18.9 Å². The largest absolute Gasteiger partial charge is 0.381 e. The van der Waals surface area contributed by atoms with Crippen LogP contribution in [0, 0.1) is 5.92 Å². The lowest BCUT2D eigenvalue weighted by Crippen LogP contribution is -2.25. The second kappa shape index (κ2) is 9.21. The lowest BCUT2D eigenvalue weighted by molar-refractivity contribution is -0.0551. The van der Waals surface area contributed by atoms with E-state index in [2.05, 4.69) is 41.5 Å². The molecule has 0 amide bonds. The van der Waals surface area contributed by atoms with Crippen LogP contribution in [-0.2, 0) is 18.9 Å². The van der Waals surface area contributed by atoms with E-state index in [1.165, 1.54) is 6.42 Å². The zero-order valence-corrected chi connectivity index (χ0v) is 15.4. The van der Waals surface area contributed by atoms with Crippen molar-refractivity contribution in [3.63, 3.8) is 0 Å². The van der Waals surface area contributed by atoms with E-state index in [-0.39, 0.29) is 11.2 Å². The van der Waals surface area contributed by atoms with Gasteiger partial charge >= 0.3 is 0 Å². The van der Waals surface area contributed by atoms with E-state index < -0.39 is 0 Å². The van der Waals surface area contributed by atoms with Crippen LogP contribution in [0.4, 0.5) is 0 Å². The minimum absolute atomic E-state index is 0.00257. The molecule has 2 aliphatic heterocycles. The van der Waals surface area contributed by atoms with Crippen LogP contribution in [0.3, 0.4) is 0 Å². The Morgan fingerprint density at radius 1 is 0.864 bits per heavy atom. The SMILES string of the molecule is CC(C)(C)OCC1CCCO1.CC(C)(C)OCC1CCOC1. The molecule has 2 aliphatic rings. The van der Waals surface area contributed by atoms with Crippen molar-refractivity contribution in [2.45, 2.75) is 78.1 Å². The molecule has 2 saturated heterocycles. The van der Waals surface area contributed by atoms with Gasteiger partial charge in [-0.1, -0.05) is 0 Å². The van der Waals surface area contributed by atoms with Gasteiger partial charge in [-0.3, -0.25) is 0 Å². The summed E-state index contributed by atoms with van der Waals surface area (Å²) in [5.41, 5.74) is -0.0193. The Morgan fingerprint density at radius 3 is 1.95 bits per heavy atom. The first-order chi connectivity index (χ1) is 10.2. The van der Waals surface area contributed by atoms with E-state index in [1.807, 2.05) is 0 Å². The molecule has 2 fully saturated rings. The van der Waals surface area contributed by atoms with Gasteiger partial charge in [0.25, 0.3) is 0 Å². The van der Waals surface area contributed by atoms with E-state index in [0.717, 1.165) is 45.9 Å². The molecule has 0 bridgehead atoms. The van der Waals surface area contributed by atoms with Gasteiger partial charge in [-0.15, -0.1) is 0 Å². The molecule has 2 rings (SSSR count). The van der Waals surface area contributed by atoms with Crippen LogP contribution in [0.5, 0.6) is 0 Å². The lowest BCUT2D eigenvalue weighted by Gasteiger charge is -2.21. The third kappa shape index (κ3) is 10.5. The average molecular weight is 316 g/mol. The Morgan fingerprint density at radius 2 is 1.50 bits per heavy atom. The van der Waals surface area contributed by atoms with E-state index in [0.29, 0.717) is 12.0 Å². The molecule has 22 heavy (non-hydrogen) atoms. The predicted octanol–water partition coefficient (Wildman–Crippen LogP) is 3.82. The van der Waals surface area contributed by atoms with E-state index in [1.54, 1.807) is 0 Å². The highest BCUT2D eigenvalue weighted by Crippen LogP contribution is 2.16. The van der Waals surface area contributed by atoms with Gasteiger partial charge in [0, 0.05) is 19.1 Å². The molecule has 132 valence electrons. The number of ether oxygens (including phenoxy) is 4. The lowest BCUT2D eigenvalue weighted by atomic mass is 10.1. The summed E-state index contributed by atoms with van der Waals surface area (Å²) in [6.45, 7) is 16.8. The highest BCUT2D eigenvalue weighted by molar-refractivity contribution is 4.67. The monoisotopic (exact) mass is 316 g/mol.